The maximum atomic E-state index is 11.9. The van der Waals surface area contributed by atoms with Crippen LogP contribution < -0.4 is 4.90 Å². The molecule has 0 N–H and O–H groups in total. The quantitative estimate of drug-likeness (QED) is 0.744. The van der Waals surface area contributed by atoms with Crippen molar-refractivity contribution in [2.45, 2.75) is 31.2 Å². The van der Waals surface area contributed by atoms with Crippen LogP contribution in [-0.2, 0) is 22.8 Å². The number of halogens is 1. The molecule has 2 aliphatic rings. The summed E-state index contributed by atoms with van der Waals surface area (Å²) in [7, 11) is -2.95. The first-order valence-corrected chi connectivity index (χ1v) is 12.1. The third-order valence-corrected chi connectivity index (χ3v) is 8.45. The standard InChI is InChI=1S/C20H21ClN2O2S2/c1-2-14-5-9-17(10-6-14)23(11-15-3-7-16(21)8-4-15)20-22-18-12-27(24,25)13-19(18)26-20/h3-10,18-19H,2,11-13H2,1H3. The van der Waals surface area contributed by atoms with Crippen molar-refractivity contribution in [2.24, 2.45) is 4.99 Å². The fraction of sp³-hybridized carbons (Fsp3) is 0.350. The van der Waals surface area contributed by atoms with Gasteiger partial charge in [-0.2, -0.15) is 0 Å². The van der Waals surface area contributed by atoms with Crippen molar-refractivity contribution >= 4 is 44.1 Å². The van der Waals surface area contributed by atoms with Gasteiger partial charge in [0, 0.05) is 16.0 Å². The third-order valence-electron chi connectivity index (χ3n) is 4.95. The molecule has 1 fully saturated rings. The fourth-order valence-electron chi connectivity index (χ4n) is 3.42. The number of aryl methyl sites for hydroxylation is 1. The first kappa shape index (κ1) is 18.8. The van der Waals surface area contributed by atoms with Crippen molar-refractivity contribution in [2.75, 3.05) is 16.4 Å². The Balaban J connectivity index is 1.64. The largest absolute Gasteiger partial charge is 0.317 e. The summed E-state index contributed by atoms with van der Waals surface area (Å²) in [5.74, 6) is 0.386. The van der Waals surface area contributed by atoms with Gasteiger partial charge in [-0.25, -0.2) is 8.42 Å². The Kier molecular flexibility index (Phi) is 5.23. The van der Waals surface area contributed by atoms with E-state index in [2.05, 4.69) is 36.1 Å². The van der Waals surface area contributed by atoms with Gasteiger partial charge in [0.25, 0.3) is 0 Å². The summed E-state index contributed by atoms with van der Waals surface area (Å²) in [6.07, 6.45) is 0.995. The lowest BCUT2D eigenvalue weighted by Gasteiger charge is -2.25. The van der Waals surface area contributed by atoms with E-state index in [9.17, 15) is 8.42 Å². The number of hydrogen-bond donors (Lipinski definition) is 0. The Morgan fingerprint density at radius 1 is 1.07 bits per heavy atom. The predicted molar refractivity (Wildman–Crippen MR) is 115 cm³/mol. The number of nitrogens with zero attached hydrogens (tertiary/aromatic N) is 2. The van der Waals surface area contributed by atoms with Gasteiger partial charge in [0.1, 0.15) is 0 Å². The van der Waals surface area contributed by atoms with E-state index in [0.29, 0.717) is 11.6 Å². The zero-order valence-corrected chi connectivity index (χ0v) is 17.4. The molecule has 0 saturated carbocycles. The molecule has 2 aromatic rings. The number of sulfone groups is 1. The Morgan fingerprint density at radius 2 is 1.74 bits per heavy atom. The average molecular weight is 421 g/mol. The molecule has 0 aliphatic carbocycles. The van der Waals surface area contributed by atoms with Crippen molar-refractivity contribution in [1.82, 2.24) is 0 Å². The predicted octanol–water partition coefficient (Wildman–Crippen LogP) is 4.18. The van der Waals surface area contributed by atoms with E-state index in [-0.39, 0.29) is 22.8 Å². The molecule has 4 rings (SSSR count). The topological polar surface area (TPSA) is 49.7 Å². The summed E-state index contributed by atoms with van der Waals surface area (Å²) in [4.78, 5) is 6.96. The molecule has 27 heavy (non-hydrogen) atoms. The highest BCUT2D eigenvalue weighted by atomic mass is 35.5. The summed E-state index contributed by atoms with van der Waals surface area (Å²) < 4.78 is 23.8. The molecule has 0 bridgehead atoms. The number of fused-ring (bicyclic) bond motifs is 1. The first-order chi connectivity index (χ1) is 12.9. The third kappa shape index (κ3) is 4.18. The van der Waals surface area contributed by atoms with Crippen molar-refractivity contribution in [3.05, 3.63) is 64.7 Å². The second kappa shape index (κ2) is 7.49. The first-order valence-electron chi connectivity index (χ1n) is 8.99. The molecule has 0 amide bonds. The Hall–Kier alpha value is -1.50. The van der Waals surface area contributed by atoms with Crippen LogP contribution in [-0.4, -0.2) is 36.4 Å². The van der Waals surface area contributed by atoms with Crippen LogP contribution in [0.15, 0.2) is 53.5 Å². The Morgan fingerprint density at radius 3 is 2.37 bits per heavy atom. The summed E-state index contributed by atoms with van der Waals surface area (Å²) in [6.45, 7) is 2.81. The average Bonchev–Trinajstić information content (AvgIpc) is 3.14. The van der Waals surface area contributed by atoms with Crippen LogP contribution in [0.4, 0.5) is 5.69 Å². The van der Waals surface area contributed by atoms with Gasteiger partial charge in [0.05, 0.1) is 24.1 Å². The molecular weight excluding hydrogens is 400 g/mol. The van der Waals surface area contributed by atoms with Gasteiger partial charge >= 0.3 is 0 Å². The highest BCUT2D eigenvalue weighted by Gasteiger charge is 2.43. The van der Waals surface area contributed by atoms with E-state index in [1.54, 1.807) is 11.8 Å². The Labute approximate surface area is 169 Å². The molecule has 2 heterocycles. The summed E-state index contributed by atoms with van der Waals surface area (Å²) in [5.41, 5.74) is 3.48. The number of aliphatic imine (C=N–C) groups is 1. The van der Waals surface area contributed by atoms with E-state index in [4.69, 9.17) is 16.6 Å². The van der Waals surface area contributed by atoms with Crippen LogP contribution in [0.3, 0.4) is 0 Å². The lowest BCUT2D eigenvalue weighted by Crippen LogP contribution is -2.28. The van der Waals surface area contributed by atoms with Crippen molar-refractivity contribution in [3.63, 3.8) is 0 Å². The van der Waals surface area contributed by atoms with Gasteiger partial charge in [-0.1, -0.05) is 54.6 Å². The maximum Gasteiger partial charge on any atom is 0.164 e. The lowest BCUT2D eigenvalue weighted by atomic mass is 10.1. The molecule has 4 nitrogen and oxygen atoms in total. The molecule has 2 aromatic carbocycles. The van der Waals surface area contributed by atoms with Crippen LogP contribution in [0.2, 0.25) is 5.02 Å². The van der Waals surface area contributed by atoms with Crippen LogP contribution in [0.25, 0.3) is 0 Å². The molecule has 0 aromatic heterocycles. The monoisotopic (exact) mass is 420 g/mol. The van der Waals surface area contributed by atoms with E-state index in [0.717, 1.165) is 22.8 Å². The van der Waals surface area contributed by atoms with Gasteiger partial charge < -0.3 is 4.90 Å². The SMILES string of the molecule is CCc1ccc(N(Cc2ccc(Cl)cc2)C2=NC3CS(=O)(=O)CC3S2)cc1. The van der Waals surface area contributed by atoms with Crippen LogP contribution >= 0.6 is 23.4 Å². The number of rotatable bonds is 4. The molecule has 2 atom stereocenters. The van der Waals surface area contributed by atoms with Crippen LogP contribution in [0.5, 0.6) is 0 Å². The van der Waals surface area contributed by atoms with Gasteiger partial charge in [-0.15, -0.1) is 0 Å². The molecule has 0 spiro atoms. The molecule has 2 unspecified atom stereocenters. The highest BCUT2D eigenvalue weighted by Crippen LogP contribution is 2.37. The summed E-state index contributed by atoms with van der Waals surface area (Å²) in [6, 6.07) is 16.2. The number of amidine groups is 1. The zero-order chi connectivity index (χ0) is 19.0. The molecule has 1 saturated heterocycles. The normalized spacial score (nSPS) is 23.1. The molecule has 7 heteroatoms. The van der Waals surface area contributed by atoms with E-state index < -0.39 is 9.84 Å². The molecule has 142 valence electrons. The number of hydrogen-bond acceptors (Lipinski definition) is 5. The van der Waals surface area contributed by atoms with E-state index >= 15 is 0 Å². The molecular formula is C20H21ClN2O2S2. The number of thioether (sulfide) groups is 1. The minimum atomic E-state index is -2.95. The fourth-order valence-corrected chi connectivity index (χ4v) is 7.33. The minimum Gasteiger partial charge on any atom is -0.317 e. The van der Waals surface area contributed by atoms with Gasteiger partial charge in [-0.05, 0) is 41.8 Å². The molecule has 0 radical (unpaired) electrons. The van der Waals surface area contributed by atoms with Crippen molar-refractivity contribution in [3.8, 4) is 0 Å². The van der Waals surface area contributed by atoms with Crippen molar-refractivity contribution in [1.29, 1.82) is 0 Å². The van der Waals surface area contributed by atoms with Gasteiger partial charge in [-0.3, -0.25) is 4.99 Å². The number of benzene rings is 2. The zero-order valence-electron chi connectivity index (χ0n) is 15.0. The molecule has 2 aliphatic heterocycles. The summed E-state index contributed by atoms with van der Waals surface area (Å²) >= 11 is 7.61. The highest BCUT2D eigenvalue weighted by molar-refractivity contribution is 8.15. The Bertz CT molecular complexity index is 956. The second-order valence-corrected chi connectivity index (χ2v) is 10.7. The van der Waals surface area contributed by atoms with Crippen molar-refractivity contribution < 1.29 is 8.42 Å². The van der Waals surface area contributed by atoms with Gasteiger partial charge in [0.2, 0.25) is 0 Å². The van der Waals surface area contributed by atoms with Gasteiger partial charge in [0.15, 0.2) is 15.0 Å². The summed E-state index contributed by atoms with van der Waals surface area (Å²) in [5, 5.41) is 1.65. The maximum absolute atomic E-state index is 11.9. The van der Waals surface area contributed by atoms with E-state index in [1.807, 2.05) is 24.3 Å². The smallest absolute Gasteiger partial charge is 0.164 e. The minimum absolute atomic E-state index is 0.0348. The lowest BCUT2D eigenvalue weighted by molar-refractivity contribution is 0.601. The van der Waals surface area contributed by atoms with Crippen LogP contribution in [0, 0.1) is 0 Å². The van der Waals surface area contributed by atoms with Crippen LogP contribution in [0.1, 0.15) is 18.1 Å². The number of anilines is 1. The van der Waals surface area contributed by atoms with E-state index in [1.165, 1.54) is 5.56 Å². The second-order valence-electron chi connectivity index (χ2n) is 6.94.